The highest BCUT2D eigenvalue weighted by Crippen LogP contribution is 2.06. The second kappa shape index (κ2) is 6.51. The van der Waals surface area contributed by atoms with E-state index in [1.165, 1.54) is 23.3 Å². The predicted molar refractivity (Wildman–Crippen MR) is 76.8 cm³/mol. The average molecular weight is 272 g/mol. The maximum Gasteiger partial charge on any atom is 0.320 e. The van der Waals surface area contributed by atoms with Gasteiger partial charge in [-0.15, -0.1) is 0 Å². The van der Waals surface area contributed by atoms with Crippen LogP contribution in [0.3, 0.4) is 0 Å². The van der Waals surface area contributed by atoms with Crippen molar-refractivity contribution in [3.05, 3.63) is 57.9 Å². The van der Waals surface area contributed by atoms with Gasteiger partial charge in [-0.05, 0) is 30.5 Å². The molecule has 1 aromatic heterocycles. The van der Waals surface area contributed by atoms with Crippen LogP contribution in [0.4, 0.5) is 10.6 Å². The first kappa shape index (κ1) is 13.8. The molecule has 2 rings (SSSR count). The lowest BCUT2D eigenvalue weighted by Gasteiger charge is -2.08. The topological polar surface area (TPSA) is 86.9 Å². The first-order valence-electron chi connectivity index (χ1n) is 6.30. The van der Waals surface area contributed by atoms with Crippen LogP contribution in [0.2, 0.25) is 0 Å². The van der Waals surface area contributed by atoms with Crippen molar-refractivity contribution < 1.29 is 4.79 Å². The lowest BCUT2D eigenvalue weighted by Crippen LogP contribution is -2.31. The van der Waals surface area contributed by atoms with E-state index < -0.39 is 0 Å². The van der Waals surface area contributed by atoms with Crippen LogP contribution in [0.25, 0.3) is 0 Å². The molecule has 1 heterocycles. The summed E-state index contributed by atoms with van der Waals surface area (Å²) in [5.74, 6) is 0.304. The van der Waals surface area contributed by atoms with Crippen LogP contribution in [0, 0.1) is 6.92 Å². The summed E-state index contributed by atoms with van der Waals surface area (Å²) in [5.41, 5.74) is 2.10. The van der Waals surface area contributed by atoms with Crippen molar-refractivity contribution in [1.29, 1.82) is 0 Å². The van der Waals surface area contributed by atoms with Crippen molar-refractivity contribution in [1.82, 2.24) is 15.5 Å². The van der Waals surface area contributed by atoms with Crippen LogP contribution in [0.15, 0.2) is 41.2 Å². The molecule has 6 heteroatoms. The number of anilines is 1. The molecule has 0 bridgehead atoms. The zero-order valence-electron chi connectivity index (χ0n) is 11.1. The van der Waals surface area contributed by atoms with Crippen LogP contribution in [-0.4, -0.2) is 22.8 Å². The second-order valence-corrected chi connectivity index (χ2v) is 4.36. The normalized spacial score (nSPS) is 10.1. The quantitative estimate of drug-likeness (QED) is 0.787. The van der Waals surface area contributed by atoms with E-state index in [9.17, 15) is 9.59 Å². The predicted octanol–water partition coefficient (Wildman–Crippen LogP) is 1.44. The Morgan fingerprint density at radius 3 is 2.75 bits per heavy atom. The standard InChI is InChI=1S/C14H16N4O2/c1-10-4-2-3-5-11(10)8-9-15-14(20)16-12-6-7-13(19)18-17-12/h2-7H,8-9H2,1H3,(H,18,19)(H2,15,16,17,20). The monoisotopic (exact) mass is 272 g/mol. The van der Waals surface area contributed by atoms with Crippen LogP contribution in [-0.2, 0) is 6.42 Å². The number of hydrogen-bond acceptors (Lipinski definition) is 3. The third kappa shape index (κ3) is 3.94. The molecule has 104 valence electrons. The summed E-state index contributed by atoms with van der Waals surface area (Å²) in [7, 11) is 0. The van der Waals surface area contributed by atoms with Crippen LogP contribution < -0.4 is 16.2 Å². The molecule has 0 saturated heterocycles. The molecule has 0 aliphatic rings. The number of benzene rings is 1. The molecule has 0 atom stereocenters. The number of nitrogens with zero attached hydrogens (tertiary/aromatic N) is 1. The Bertz CT molecular complexity index is 631. The molecular weight excluding hydrogens is 256 g/mol. The number of carbonyl (C=O) groups excluding carboxylic acids is 1. The van der Waals surface area contributed by atoms with Crippen molar-refractivity contribution >= 4 is 11.8 Å². The van der Waals surface area contributed by atoms with E-state index in [-0.39, 0.29) is 11.6 Å². The fraction of sp³-hybridized carbons (Fsp3) is 0.214. The van der Waals surface area contributed by atoms with Crippen LogP contribution in [0.5, 0.6) is 0 Å². The molecule has 0 spiro atoms. The van der Waals surface area contributed by atoms with E-state index in [4.69, 9.17) is 0 Å². The highest BCUT2D eigenvalue weighted by Gasteiger charge is 2.03. The smallest absolute Gasteiger partial charge is 0.320 e. The Hall–Kier alpha value is -2.63. The number of aryl methyl sites for hydroxylation is 1. The molecular formula is C14H16N4O2. The maximum atomic E-state index is 11.6. The van der Waals surface area contributed by atoms with Gasteiger partial charge in [-0.25, -0.2) is 9.89 Å². The molecule has 1 aromatic carbocycles. The molecule has 6 nitrogen and oxygen atoms in total. The fourth-order valence-corrected chi connectivity index (χ4v) is 1.78. The van der Waals surface area contributed by atoms with Crippen molar-refractivity contribution in [2.24, 2.45) is 0 Å². The number of H-pyrrole nitrogens is 1. The number of urea groups is 1. The summed E-state index contributed by atoms with van der Waals surface area (Å²) >= 11 is 0. The Morgan fingerprint density at radius 1 is 1.25 bits per heavy atom. The number of aromatic nitrogens is 2. The van der Waals surface area contributed by atoms with Crippen molar-refractivity contribution in [3.63, 3.8) is 0 Å². The van der Waals surface area contributed by atoms with Gasteiger partial charge in [0.2, 0.25) is 0 Å². The number of hydrogen-bond donors (Lipinski definition) is 3. The first-order valence-corrected chi connectivity index (χ1v) is 6.30. The fourth-order valence-electron chi connectivity index (χ4n) is 1.78. The second-order valence-electron chi connectivity index (χ2n) is 4.36. The molecule has 3 N–H and O–H groups in total. The molecule has 2 aromatic rings. The molecule has 0 aliphatic heterocycles. The summed E-state index contributed by atoms with van der Waals surface area (Å²) in [6.07, 6.45) is 0.763. The zero-order valence-corrected chi connectivity index (χ0v) is 11.1. The maximum absolute atomic E-state index is 11.6. The van der Waals surface area contributed by atoms with Gasteiger partial charge in [0.15, 0.2) is 5.82 Å². The summed E-state index contributed by atoms with van der Waals surface area (Å²) in [5, 5.41) is 11.2. The third-order valence-corrected chi connectivity index (χ3v) is 2.86. The van der Waals surface area contributed by atoms with Crippen molar-refractivity contribution in [2.75, 3.05) is 11.9 Å². The summed E-state index contributed by atoms with van der Waals surface area (Å²) in [6.45, 7) is 2.57. The lowest BCUT2D eigenvalue weighted by atomic mass is 10.1. The minimum Gasteiger partial charge on any atom is -0.337 e. The number of aromatic amines is 1. The van der Waals surface area contributed by atoms with Crippen LogP contribution in [0.1, 0.15) is 11.1 Å². The number of rotatable bonds is 4. The van der Waals surface area contributed by atoms with E-state index in [2.05, 4.69) is 20.8 Å². The SMILES string of the molecule is Cc1ccccc1CCNC(=O)Nc1ccc(=O)[nH]n1. The molecule has 0 saturated carbocycles. The Kier molecular flexibility index (Phi) is 4.49. The summed E-state index contributed by atoms with van der Waals surface area (Å²) in [4.78, 5) is 22.4. The van der Waals surface area contributed by atoms with E-state index in [0.29, 0.717) is 12.4 Å². The van der Waals surface area contributed by atoms with Crippen LogP contribution >= 0.6 is 0 Å². The number of amides is 2. The zero-order chi connectivity index (χ0) is 14.4. The highest BCUT2D eigenvalue weighted by atomic mass is 16.2. The molecule has 0 radical (unpaired) electrons. The van der Waals surface area contributed by atoms with Gasteiger partial charge in [-0.3, -0.25) is 10.1 Å². The third-order valence-electron chi connectivity index (χ3n) is 2.86. The molecule has 20 heavy (non-hydrogen) atoms. The Labute approximate surface area is 116 Å². The summed E-state index contributed by atoms with van der Waals surface area (Å²) in [6, 6.07) is 10.4. The van der Waals surface area contributed by atoms with Gasteiger partial charge in [0.1, 0.15) is 0 Å². The number of carbonyl (C=O) groups is 1. The molecule has 2 amide bonds. The van der Waals surface area contributed by atoms with E-state index in [0.717, 1.165) is 6.42 Å². The van der Waals surface area contributed by atoms with Gasteiger partial charge in [0.05, 0.1) is 0 Å². The van der Waals surface area contributed by atoms with Gasteiger partial charge in [0, 0.05) is 12.6 Å². The minimum atomic E-state index is -0.349. The Balaban J connectivity index is 1.79. The average Bonchev–Trinajstić information content (AvgIpc) is 2.43. The van der Waals surface area contributed by atoms with Gasteiger partial charge in [-0.2, -0.15) is 5.10 Å². The van der Waals surface area contributed by atoms with E-state index in [1.54, 1.807) is 0 Å². The first-order chi connectivity index (χ1) is 9.65. The molecule has 0 fully saturated rings. The van der Waals surface area contributed by atoms with E-state index >= 15 is 0 Å². The largest absolute Gasteiger partial charge is 0.337 e. The highest BCUT2D eigenvalue weighted by molar-refractivity contribution is 5.87. The lowest BCUT2D eigenvalue weighted by molar-refractivity contribution is 0.252. The minimum absolute atomic E-state index is 0.304. The molecule has 0 unspecified atom stereocenters. The van der Waals surface area contributed by atoms with Gasteiger partial charge < -0.3 is 5.32 Å². The summed E-state index contributed by atoms with van der Waals surface area (Å²) < 4.78 is 0. The van der Waals surface area contributed by atoms with Gasteiger partial charge >= 0.3 is 6.03 Å². The number of nitrogens with one attached hydrogen (secondary N) is 3. The van der Waals surface area contributed by atoms with Crippen molar-refractivity contribution in [2.45, 2.75) is 13.3 Å². The van der Waals surface area contributed by atoms with Gasteiger partial charge in [0.25, 0.3) is 5.56 Å². The van der Waals surface area contributed by atoms with Crippen molar-refractivity contribution in [3.8, 4) is 0 Å². The van der Waals surface area contributed by atoms with Gasteiger partial charge in [-0.1, -0.05) is 24.3 Å². The molecule has 0 aliphatic carbocycles. The Morgan fingerprint density at radius 2 is 2.05 bits per heavy atom. The van der Waals surface area contributed by atoms with E-state index in [1.807, 2.05) is 31.2 Å².